The van der Waals surface area contributed by atoms with Crippen LogP contribution in [-0.2, 0) is 14.3 Å². The molecule has 1 aromatic rings. The van der Waals surface area contributed by atoms with Crippen molar-refractivity contribution in [3.05, 3.63) is 35.5 Å². The minimum absolute atomic E-state index is 0.124. The number of thiocarbonyl (C=S) groups is 1. The van der Waals surface area contributed by atoms with Gasteiger partial charge in [0, 0.05) is 7.05 Å². The number of hydrogen-bond acceptors (Lipinski definition) is 5. The molecule has 1 aliphatic heterocycles. The van der Waals surface area contributed by atoms with Gasteiger partial charge in [-0.15, -0.1) is 6.42 Å². The number of benzene rings is 1. The molecular formula is C17H16N2O4S. The topological polar surface area (TPSA) is 59.1 Å². The van der Waals surface area contributed by atoms with Crippen molar-refractivity contribution in [2.45, 2.75) is 0 Å². The fraction of sp³-hybridized carbons (Fsp3) is 0.235. The number of terminal acetylenes is 1. The van der Waals surface area contributed by atoms with Crippen LogP contribution in [0.2, 0.25) is 0 Å². The Morgan fingerprint density at radius 3 is 2.62 bits per heavy atom. The van der Waals surface area contributed by atoms with E-state index in [4.69, 9.17) is 23.4 Å². The molecular weight excluding hydrogens is 328 g/mol. The molecule has 1 fully saturated rings. The average molecular weight is 344 g/mol. The van der Waals surface area contributed by atoms with Gasteiger partial charge in [0.1, 0.15) is 24.6 Å². The Balaban J connectivity index is 2.27. The minimum atomic E-state index is -0.482. The Morgan fingerprint density at radius 2 is 2.04 bits per heavy atom. The smallest absolute Gasteiger partial charge is 0.325 e. The molecule has 1 aromatic carbocycles. The van der Waals surface area contributed by atoms with Gasteiger partial charge in [0.05, 0.1) is 7.11 Å². The summed E-state index contributed by atoms with van der Waals surface area (Å²) in [6, 6.07) is 7.05. The number of likely N-dealkylation sites (N-methyl/N-ethyl adjacent to an activating group) is 1. The van der Waals surface area contributed by atoms with Crippen molar-refractivity contribution in [1.29, 1.82) is 0 Å². The van der Waals surface area contributed by atoms with Gasteiger partial charge >= 0.3 is 5.97 Å². The number of nitrogens with zero attached hydrogens (tertiary/aromatic N) is 2. The zero-order valence-corrected chi connectivity index (χ0v) is 14.1. The van der Waals surface area contributed by atoms with Crippen LogP contribution in [0.4, 0.5) is 0 Å². The lowest BCUT2D eigenvalue weighted by Gasteiger charge is -2.16. The minimum Gasteiger partial charge on any atom is -0.481 e. The monoisotopic (exact) mass is 344 g/mol. The van der Waals surface area contributed by atoms with Crippen molar-refractivity contribution in [2.75, 3.05) is 27.3 Å². The first-order chi connectivity index (χ1) is 11.5. The average Bonchev–Trinajstić information content (AvgIpc) is 2.79. The number of methoxy groups -OCH3 is 1. The number of carbonyl (C=O) groups excluding carboxylic acids is 2. The Hall–Kier alpha value is -2.85. The zero-order chi connectivity index (χ0) is 17.7. The van der Waals surface area contributed by atoms with Gasteiger partial charge in [-0.25, -0.2) is 0 Å². The molecule has 7 heteroatoms. The summed E-state index contributed by atoms with van der Waals surface area (Å²) in [4.78, 5) is 26.7. The van der Waals surface area contributed by atoms with Gasteiger partial charge in [-0.05, 0) is 36.0 Å². The summed E-state index contributed by atoms with van der Waals surface area (Å²) in [6.07, 6.45) is 6.80. The lowest BCUT2D eigenvalue weighted by Crippen LogP contribution is -2.33. The third kappa shape index (κ3) is 3.73. The molecule has 1 saturated heterocycles. The summed E-state index contributed by atoms with van der Waals surface area (Å²) < 4.78 is 9.95. The fourth-order valence-corrected chi connectivity index (χ4v) is 2.33. The first kappa shape index (κ1) is 17.5. The van der Waals surface area contributed by atoms with Crippen LogP contribution in [0.15, 0.2) is 30.0 Å². The van der Waals surface area contributed by atoms with Gasteiger partial charge in [0.15, 0.2) is 5.11 Å². The number of carbonyl (C=O) groups is 2. The summed E-state index contributed by atoms with van der Waals surface area (Å²) in [7, 11) is 2.85. The number of ether oxygens (including phenoxy) is 2. The maximum atomic E-state index is 12.3. The van der Waals surface area contributed by atoms with Crippen molar-refractivity contribution < 1.29 is 19.1 Å². The molecule has 0 unspecified atom stereocenters. The predicted octanol–water partition coefficient (Wildman–Crippen LogP) is 1.27. The van der Waals surface area contributed by atoms with Crippen LogP contribution in [0.25, 0.3) is 6.08 Å². The molecule has 0 spiro atoms. The van der Waals surface area contributed by atoms with E-state index in [1.165, 1.54) is 16.9 Å². The van der Waals surface area contributed by atoms with Gasteiger partial charge < -0.3 is 14.4 Å². The van der Waals surface area contributed by atoms with Crippen molar-refractivity contribution in [1.82, 2.24) is 9.80 Å². The first-order valence-corrected chi connectivity index (χ1v) is 7.43. The van der Waals surface area contributed by atoms with E-state index in [0.717, 1.165) is 5.56 Å². The standard InChI is InChI=1S/C17H16N2O4S/c1-4-9-23-13-7-5-12(6-8-13)10-14-16(21)18(2)17(24)19(14)11-15(20)22-3/h1,5-8,10H,9,11H2,2-3H3/b14-10-. The van der Waals surface area contributed by atoms with Crippen molar-refractivity contribution in [3.63, 3.8) is 0 Å². The summed E-state index contributed by atoms with van der Waals surface area (Å²) in [6.45, 7) is 0.0610. The largest absolute Gasteiger partial charge is 0.481 e. The van der Waals surface area contributed by atoms with Crippen LogP contribution in [0.5, 0.6) is 5.75 Å². The van der Waals surface area contributed by atoms with Gasteiger partial charge in [-0.2, -0.15) is 0 Å². The molecule has 24 heavy (non-hydrogen) atoms. The molecule has 0 aromatic heterocycles. The predicted molar refractivity (Wildman–Crippen MR) is 92.8 cm³/mol. The molecule has 1 aliphatic rings. The number of rotatable bonds is 5. The highest BCUT2D eigenvalue weighted by Gasteiger charge is 2.36. The van der Waals surface area contributed by atoms with Gasteiger partial charge in [0.25, 0.3) is 5.91 Å². The summed E-state index contributed by atoms with van der Waals surface area (Å²) >= 11 is 5.21. The Morgan fingerprint density at radius 1 is 1.38 bits per heavy atom. The number of amides is 1. The normalized spacial score (nSPS) is 15.6. The molecule has 0 saturated carbocycles. The van der Waals surface area contributed by atoms with Crippen molar-refractivity contribution in [2.24, 2.45) is 0 Å². The molecule has 1 amide bonds. The summed E-state index contributed by atoms with van der Waals surface area (Å²) in [5, 5.41) is 0.255. The van der Waals surface area contributed by atoms with E-state index in [9.17, 15) is 9.59 Å². The molecule has 6 nitrogen and oxygen atoms in total. The van der Waals surface area contributed by atoms with E-state index < -0.39 is 5.97 Å². The van der Waals surface area contributed by atoms with Crippen LogP contribution in [-0.4, -0.2) is 54.1 Å². The lowest BCUT2D eigenvalue weighted by atomic mass is 10.1. The SMILES string of the molecule is C#CCOc1ccc(/C=C2/C(=O)N(C)C(=S)N2CC(=O)OC)cc1. The van der Waals surface area contributed by atoms with E-state index >= 15 is 0 Å². The van der Waals surface area contributed by atoms with Crippen LogP contribution in [0.3, 0.4) is 0 Å². The molecule has 1 heterocycles. The van der Waals surface area contributed by atoms with Crippen molar-refractivity contribution in [3.8, 4) is 18.1 Å². The molecule has 0 radical (unpaired) electrons. The lowest BCUT2D eigenvalue weighted by molar-refractivity contribution is -0.140. The maximum absolute atomic E-state index is 12.3. The zero-order valence-electron chi connectivity index (χ0n) is 13.3. The summed E-state index contributed by atoms with van der Waals surface area (Å²) in [5.74, 6) is 2.25. The second-order valence-corrected chi connectivity index (χ2v) is 5.27. The molecule has 2 rings (SSSR count). The molecule has 0 bridgehead atoms. The van der Waals surface area contributed by atoms with Gasteiger partial charge in [-0.1, -0.05) is 18.1 Å². The quantitative estimate of drug-likeness (QED) is 0.347. The third-order valence-corrected chi connectivity index (χ3v) is 3.85. The Labute approximate surface area is 145 Å². The molecule has 0 atom stereocenters. The molecule has 0 aliphatic carbocycles. The Kier molecular flexibility index (Phi) is 5.55. The second kappa shape index (κ2) is 7.62. The fourth-order valence-electron chi connectivity index (χ4n) is 2.09. The highest BCUT2D eigenvalue weighted by atomic mass is 32.1. The van der Waals surface area contributed by atoms with E-state index in [-0.39, 0.29) is 24.2 Å². The molecule has 0 N–H and O–H groups in total. The number of esters is 1. The van der Waals surface area contributed by atoms with Crippen molar-refractivity contribution >= 4 is 35.3 Å². The van der Waals surface area contributed by atoms with E-state index in [0.29, 0.717) is 11.4 Å². The maximum Gasteiger partial charge on any atom is 0.325 e. The van der Waals surface area contributed by atoms with E-state index in [1.54, 1.807) is 37.4 Å². The highest BCUT2D eigenvalue weighted by molar-refractivity contribution is 7.80. The van der Waals surface area contributed by atoms with Gasteiger partial charge in [-0.3, -0.25) is 14.5 Å². The van der Waals surface area contributed by atoms with E-state index in [2.05, 4.69) is 10.7 Å². The first-order valence-electron chi connectivity index (χ1n) is 7.02. The molecule has 124 valence electrons. The van der Waals surface area contributed by atoms with Crippen LogP contribution in [0, 0.1) is 12.3 Å². The number of hydrogen-bond donors (Lipinski definition) is 0. The highest BCUT2D eigenvalue weighted by Crippen LogP contribution is 2.23. The van der Waals surface area contributed by atoms with Gasteiger partial charge in [0.2, 0.25) is 0 Å². The van der Waals surface area contributed by atoms with E-state index in [1.807, 2.05) is 0 Å². The third-order valence-electron chi connectivity index (χ3n) is 3.35. The second-order valence-electron chi connectivity index (χ2n) is 4.90. The summed E-state index contributed by atoms with van der Waals surface area (Å²) in [5.41, 5.74) is 1.07. The Bertz CT molecular complexity index is 734. The van der Waals surface area contributed by atoms with Crippen LogP contribution >= 0.6 is 12.2 Å². The van der Waals surface area contributed by atoms with Crippen LogP contribution in [0.1, 0.15) is 5.56 Å². The van der Waals surface area contributed by atoms with Crippen LogP contribution < -0.4 is 4.74 Å².